The molecule has 0 fully saturated rings. The third kappa shape index (κ3) is 3.81. The monoisotopic (exact) mass is 375 g/mol. The molecule has 0 saturated carbocycles. The van der Waals surface area contributed by atoms with E-state index in [2.05, 4.69) is 29.2 Å². The summed E-state index contributed by atoms with van der Waals surface area (Å²) in [6.07, 6.45) is -0.742. The summed E-state index contributed by atoms with van der Waals surface area (Å²) >= 11 is 0. The SMILES string of the molecule is FC(F)(F)c1ccc(-c2ccc(-c3ccc(-c4cccnc4)cc3)cc2)cc1. The Labute approximate surface area is 161 Å². The van der Waals surface area contributed by atoms with Crippen molar-refractivity contribution in [2.75, 3.05) is 0 Å². The fraction of sp³-hybridized carbons (Fsp3) is 0.0417. The number of pyridine rings is 1. The molecule has 0 radical (unpaired) electrons. The van der Waals surface area contributed by atoms with Crippen LogP contribution in [0, 0.1) is 0 Å². The highest BCUT2D eigenvalue weighted by Crippen LogP contribution is 2.32. The maximum atomic E-state index is 12.7. The molecule has 4 heteroatoms. The lowest BCUT2D eigenvalue weighted by Gasteiger charge is -2.09. The number of alkyl halides is 3. The highest BCUT2D eigenvalue weighted by atomic mass is 19.4. The fourth-order valence-corrected chi connectivity index (χ4v) is 3.10. The number of halogens is 3. The van der Waals surface area contributed by atoms with Crippen LogP contribution in [-0.4, -0.2) is 4.98 Å². The molecule has 1 heterocycles. The van der Waals surface area contributed by atoms with E-state index in [1.807, 2.05) is 42.6 Å². The molecule has 0 amide bonds. The van der Waals surface area contributed by atoms with E-state index in [0.29, 0.717) is 0 Å². The summed E-state index contributed by atoms with van der Waals surface area (Å²) in [6.45, 7) is 0. The Bertz CT molecular complexity index is 1050. The predicted octanol–water partition coefficient (Wildman–Crippen LogP) is 7.10. The number of hydrogen-bond donors (Lipinski definition) is 0. The van der Waals surface area contributed by atoms with Gasteiger partial charge in [-0.25, -0.2) is 0 Å². The van der Waals surface area contributed by atoms with Gasteiger partial charge in [-0.15, -0.1) is 0 Å². The van der Waals surface area contributed by atoms with Gasteiger partial charge in [0.1, 0.15) is 0 Å². The first-order chi connectivity index (χ1) is 13.5. The number of rotatable bonds is 3. The highest BCUT2D eigenvalue weighted by Gasteiger charge is 2.29. The van der Waals surface area contributed by atoms with Crippen molar-refractivity contribution >= 4 is 0 Å². The van der Waals surface area contributed by atoms with Gasteiger partial charge in [-0.3, -0.25) is 4.98 Å². The first-order valence-electron chi connectivity index (χ1n) is 8.79. The second-order valence-corrected chi connectivity index (χ2v) is 6.47. The van der Waals surface area contributed by atoms with Gasteiger partial charge >= 0.3 is 6.18 Å². The second-order valence-electron chi connectivity index (χ2n) is 6.47. The Morgan fingerprint density at radius 2 is 0.893 bits per heavy atom. The Kier molecular flexibility index (Phi) is 4.70. The summed E-state index contributed by atoms with van der Waals surface area (Å²) in [5, 5.41) is 0. The standard InChI is InChI=1S/C24H16F3N/c25-24(26,27)23-13-11-20(12-14-23)19-5-3-17(4-6-19)18-7-9-21(10-8-18)22-2-1-15-28-16-22/h1-16H. The summed E-state index contributed by atoms with van der Waals surface area (Å²) in [5.41, 5.74) is 5.28. The quantitative estimate of drug-likeness (QED) is 0.372. The number of hydrogen-bond acceptors (Lipinski definition) is 1. The maximum absolute atomic E-state index is 12.7. The third-order valence-corrected chi connectivity index (χ3v) is 4.64. The minimum absolute atomic E-state index is 0.637. The van der Waals surface area contributed by atoms with E-state index in [1.54, 1.807) is 6.20 Å². The van der Waals surface area contributed by atoms with E-state index in [9.17, 15) is 13.2 Å². The zero-order valence-electron chi connectivity index (χ0n) is 14.8. The van der Waals surface area contributed by atoms with Crippen LogP contribution in [0.5, 0.6) is 0 Å². The van der Waals surface area contributed by atoms with Crippen molar-refractivity contribution in [2.24, 2.45) is 0 Å². The number of nitrogens with zero attached hydrogens (tertiary/aromatic N) is 1. The van der Waals surface area contributed by atoms with E-state index < -0.39 is 11.7 Å². The molecule has 0 atom stereocenters. The van der Waals surface area contributed by atoms with Gasteiger partial charge < -0.3 is 0 Å². The summed E-state index contributed by atoms with van der Waals surface area (Å²) in [5.74, 6) is 0. The zero-order chi connectivity index (χ0) is 19.6. The van der Waals surface area contributed by atoms with Crippen LogP contribution in [0.3, 0.4) is 0 Å². The Balaban J connectivity index is 1.55. The van der Waals surface area contributed by atoms with Crippen LogP contribution in [0.4, 0.5) is 13.2 Å². The fourth-order valence-electron chi connectivity index (χ4n) is 3.10. The van der Waals surface area contributed by atoms with E-state index >= 15 is 0 Å². The van der Waals surface area contributed by atoms with Crippen molar-refractivity contribution in [3.8, 4) is 33.4 Å². The molecule has 0 spiro atoms. The van der Waals surface area contributed by atoms with Crippen LogP contribution in [0.25, 0.3) is 33.4 Å². The average molecular weight is 375 g/mol. The van der Waals surface area contributed by atoms with Gasteiger partial charge in [0.15, 0.2) is 0 Å². The Morgan fingerprint density at radius 1 is 0.500 bits per heavy atom. The molecular formula is C24H16F3N. The number of aromatic nitrogens is 1. The van der Waals surface area contributed by atoms with Crippen molar-refractivity contribution in [3.05, 3.63) is 103 Å². The lowest BCUT2D eigenvalue weighted by molar-refractivity contribution is -0.137. The van der Waals surface area contributed by atoms with Gasteiger partial charge in [0.2, 0.25) is 0 Å². The van der Waals surface area contributed by atoms with Crippen molar-refractivity contribution in [1.82, 2.24) is 4.98 Å². The van der Waals surface area contributed by atoms with E-state index in [0.717, 1.165) is 45.5 Å². The van der Waals surface area contributed by atoms with Gasteiger partial charge in [0, 0.05) is 12.4 Å². The molecule has 4 aromatic rings. The second kappa shape index (κ2) is 7.31. The predicted molar refractivity (Wildman–Crippen MR) is 106 cm³/mol. The van der Waals surface area contributed by atoms with Crippen LogP contribution in [0.15, 0.2) is 97.3 Å². The Morgan fingerprint density at radius 3 is 1.25 bits per heavy atom. The van der Waals surface area contributed by atoms with Crippen molar-refractivity contribution in [3.63, 3.8) is 0 Å². The van der Waals surface area contributed by atoms with Crippen molar-refractivity contribution in [1.29, 1.82) is 0 Å². The molecular weight excluding hydrogens is 359 g/mol. The first-order valence-corrected chi connectivity index (χ1v) is 8.79. The molecule has 4 rings (SSSR count). The first kappa shape index (κ1) is 18.0. The van der Waals surface area contributed by atoms with Crippen LogP contribution in [-0.2, 0) is 6.18 Å². The lowest BCUT2D eigenvalue weighted by atomic mass is 9.98. The summed E-state index contributed by atoms with van der Waals surface area (Å²) in [7, 11) is 0. The van der Waals surface area contributed by atoms with Crippen LogP contribution in [0.1, 0.15) is 5.56 Å². The van der Waals surface area contributed by atoms with Gasteiger partial charge in [-0.1, -0.05) is 66.7 Å². The zero-order valence-corrected chi connectivity index (χ0v) is 14.8. The number of benzene rings is 3. The molecule has 0 unspecified atom stereocenters. The molecule has 0 aliphatic carbocycles. The molecule has 1 nitrogen and oxygen atoms in total. The normalized spacial score (nSPS) is 11.4. The molecule has 0 aliphatic rings. The van der Waals surface area contributed by atoms with Gasteiger partial charge in [-0.2, -0.15) is 13.2 Å². The van der Waals surface area contributed by atoms with Gasteiger partial charge in [-0.05, 0) is 51.6 Å². The average Bonchev–Trinajstić information content (AvgIpc) is 2.74. The molecule has 138 valence electrons. The molecule has 28 heavy (non-hydrogen) atoms. The minimum Gasteiger partial charge on any atom is -0.264 e. The van der Waals surface area contributed by atoms with Crippen LogP contribution >= 0.6 is 0 Å². The van der Waals surface area contributed by atoms with Crippen LogP contribution < -0.4 is 0 Å². The van der Waals surface area contributed by atoms with Crippen molar-refractivity contribution in [2.45, 2.75) is 6.18 Å². The topological polar surface area (TPSA) is 12.9 Å². The molecule has 0 bridgehead atoms. The third-order valence-electron chi connectivity index (χ3n) is 4.64. The van der Waals surface area contributed by atoms with Gasteiger partial charge in [0.25, 0.3) is 0 Å². The van der Waals surface area contributed by atoms with E-state index in [-0.39, 0.29) is 0 Å². The molecule has 3 aromatic carbocycles. The minimum atomic E-state index is -4.32. The maximum Gasteiger partial charge on any atom is 0.416 e. The largest absolute Gasteiger partial charge is 0.416 e. The van der Waals surface area contributed by atoms with Crippen LogP contribution in [0.2, 0.25) is 0 Å². The Hall–Kier alpha value is -3.40. The summed E-state index contributed by atoms with van der Waals surface area (Å²) < 4.78 is 38.1. The summed E-state index contributed by atoms with van der Waals surface area (Å²) in [6, 6.07) is 25.2. The smallest absolute Gasteiger partial charge is 0.264 e. The molecule has 1 aromatic heterocycles. The lowest BCUT2D eigenvalue weighted by Crippen LogP contribution is -2.03. The highest BCUT2D eigenvalue weighted by molar-refractivity contribution is 5.73. The van der Waals surface area contributed by atoms with Crippen molar-refractivity contribution < 1.29 is 13.2 Å². The van der Waals surface area contributed by atoms with E-state index in [1.165, 1.54) is 12.1 Å². The molecule has 0 aliphatic heterocycles. The summed E-state index contributed by atoms with van der Waals surface area (Å²) in [4.78, 5) is 4.14. The van der Waals surface area contributed by atoms with E-state index in [4.69, 9.17) is 0 Å². The molecule has 0 N–H and O–H groups in total. The molecule has 0 saturated heterocycles. The van der Waals surface area contributed by atoms with Gasteiger partial charge in [0.05, 0.1) is 5.56 Å².